The quantitative estimate of drug-likeness (QED) is 0.737. The van der Waals surface area contributed by atoms with E-state index in [2.05, 4.69) is 4.98 Å². The lowest BCUT2D eigenvalue weighted by molar-refractivity contribution is 0.282. The first-order valence-corrected chi connectivity index (χ1v) is 7.90. The molecule has 0 amide bonds. The molecule has 132 valence electrons. The Morgan fingerprint density at radius 1 is 1.31 bits per heavy atom. The molecule has 0 aliphatic heterocycles. The van der Waals surface area contributed by atoms with E-state index in [0.717, 1.165) is 0 Å². The van der Waals surface area contributed by atoms with Crippen LogP contribution in [0.15, 0.2) is 48.6 Å². The van der Waals surface area contributed by atoms with Gasteiger partial charge in [-0.1, -0.05) is 6.07 Å². The van der Waals surface area contributed by atoms with Crippen molar-refractivity contribution >= 4 is 11.0 Å². The van der Waals surface area contributed by atoms with Gasteiger partial charge in [0.25, 0.3) is 0 Å². The summed E-state index contributed by atoms with van der Waals surface area (Å²) in [5.41, 5.74) is 7.73. The summed E-state index contributed by atoms with van der Waals surface area (Å²) in [6.07, 6.45) is 2.69. The Hall–Kier alpha value is -3.08. The minimum absolute atomic E-state index is 0.0757. The SMILES string of the molecule is N#Cc1cc(-c2cc(CO)ccc2F)c2ncn(C/C(F)=C/CN)c2c1. The summed E-state index contributed by atoms with van der Waals surface area (Å²) in [5, 5.41) is 18.6. The maximum Gasteiger partial charge on any atom is 0.131 e. The molecule has 7 heteroatoms. The van der Waals surface area contributed by atoms with Crippen LogP contribution < -0.4 is 5.73 Å². The Kier molecular flexibility index (Phi) is 5.07. The van der Waals surface area contributed by atoms with Crippen LogP contribution in [0.2, 0.25) is 0 Å². The number of nitrogens with zero attached hydrogens (tertiary/aromatic N) is 3. The Bertz CT molecular complexity index is 1030. The number of aromatic nitrogens is 2. The fourth-order valence-electron chi connectivity index (χ4n) is 2.79. The minimum Gasteiger partial charge on any atom is -0.392 e. The number of hydrogen-bond donors (Lipinski definition) is 2. The lowest BCUT2D eigenvalue weighted by Crippen LogP contribution is -2.00. The smallest absolute Gasteiger partial charge is 0.131 e. The number of nitrogens with two attached hydrogens (primary N) is 1. The van der Waals surface area contributed by atoms with E-state index in [4.69, 9.17) is 5.73 Å². The fourth-order valence-corrected chi connectivity index (χ4v) is 2.79. The molecule has 5 nitrogen and oxygen atoms in total. The molecule has 1 heterocycles. The van der Waals surface area contributed by atoms with Gasteiger partial charge in [0, 0.05) is 17.7 Å². The lowest BCUT2D eigenvalue weighted by Gasteiger charge is -2.09. The molecule has 0 aliphatic rings. The van der Waals surface area contributed by atoms with Gasteiger partial charge in [0.05, 0.1) is 42.1 Å². The van der Waals surface area contributed by atoms with Gasteiger partial charge in [0.1, 0.15) is 11.6 Å². The number of halogens is 2. The van der Waals surface area contributed by atoms with E-state index in [1.165, 1.54) is 41.2 Å². The second kappa shape index (κ2) is 7.44. The number of rotatable bonds is 5. The molecule has 0 fully saturated rings. The molecule has 3 aromatic rings. The highest BCUT2D eigenvalue weighted by molar-refractivity contribution is 5.93. The van der Waals surface area contributed by atoms with Crippen molar-refractivity contribution in [2.75, 3.05) is 6.54 Å². The van der Waals surface area contributed by atoms with E-state index in [0.29, 0.717) is 27.7 Å². The Morgan fingerprint density at radius 2 is 2.12 bits per heavy atom. The zero-order chi connectivity index (χ0) is 18.7. The zero-order valence-corrected chi connectivity index (χ0v) is 13.8. The van der Waals surface area contributed by atoms with Gasteiger partial charge in [-0.2, -0.15) is 5.26 Å². The largest absolute Gasteiger partial charge is 0.392 e. The van der Waals surface area contributed by atoms with Crippen LogP contribution in [0.1, 0.15) is 11.1 Å². The summed E-state index contributed by atoms with van der Waals surface area (Å²) < 4.78 is 29.8. The lowest BCUT2D eigenvalue weighted by atomic mass is 9.99. The average Bonchev–Trinajstić information content (AvgIpc) is 3.04. The predicted molar refractivity (Wildman–Crippen MR) is 94.0 cm³/mol. The summed E-state index contributed by atoms with van der Waals surface area (Å²) in [7, 11) is 0. The zero-order valence-electron chi connectivity index (χ0n) is 13.8. The highest BCUT2D eigenvalue weighted by atomic mass is 19.1. The van der Waals surface area contributed by atoms with Crippen molar-refractivity contribution in [2.24, 2.45) is 5.73 Å². The molecule has 0 radical (unpaired) electrons. The van der Waals surface area contributed by atoms with Gasteiger partial charge in [-0.25, -0.2) is 13.8 Å². The normalized spacial score (nSPS) is 11.7. The highest BCUT2D eigenvalue weighted by Gasteiger charge is 2.16. The first-order chi connectivity index (χ1) is 12.6. The summed E-state index contributed by atoms with van der Waals surface area (Å²) >= 11 is 0. The molecular formula is C19H16F2N4O. The van der Waals surface area contributed by atoms with Crippen LogP contribution in [0.3, 0.4) is 0 Å². The average molecular weight is 354 g/mol. The second-order valence-electron chi connectivity index (χ2n) is 5.73. The molecule has 0 saturated carbocycles. The van der Waals surface area contributed by atoms with Gasteiger partial charge in [-0.15, -0.1) is 0 Å². The standard InChI is InChI=1S/C19H16F2N4O/c20-14(3-4-22)9-25-11-24-19-16(6-13(8-23)7-18(19)25)15-5-12(10-26)1-2-17(15)21/h1-3,5-7,11,26H,4,9-10,22H2/b14-3-. The molecule has 0 saturated heterocycles. The topological polar surface area (TPSA) is 87.9 Å². The Morgan fingerprint density at radius 3 is 2.81 bits per heavy atom. The third-order valence-corrected chi connectivity index (χ3v) is 4.02. The van der Waals surface area contributed by atoms with Crippen LogP contribution in [0.5, 0.6) is 0 Å². The monoisotopic (exact) mass is 354 g/mol. The maximum absolute atomic E-state index is 14.4. The number of aliphatic hydroxyl groups excluding tert-OH is 1. The van der Waals surface area contributed by atoms with Crippen LogP contribution in [0.4, 0.5) is 8.78 Å². The van der Waals surface area contributed by atoms with E-state index in [1.807, 2.05) is 6.07 Å². The van der Waals surface area contributed by atoms with Gasteiger partial charge in [0.15, 0.2) is 0 Å². The Balaban J connectivity index is 2.22. The number of imidazole rings is 1. The van der Waals surface area contributed by atoms with Crippen molar-refractivity contribution in [2.45, 2.75) is 13.2 Å². The highest BCUT2D eigenvalue weighted by Crippen LogP contribution is 2.32. The molecule has 3 N–H and O–H groups in total. The molecule has 0 spiro atoms. The van der Waals surface area contributed by atoms with Crippen molar-refractivity contribution in [1.29, 1.82) is 5.26 Å². The van der Waals surface area contributed by atoms with Crippen molar-refractivity contribution in [3.05, 3.63) is 65.5 Å². The first kappa shape index (κ1) is 17.7. The molecule has 0 bridgehead atoms. The molecule has 0 unspecified atom stereocenters. The van der Waals surface area contributed by atoms with Crippen LogP contribution in [-0.2, 0) is 13.2 Å². The number of benzene rings is 2. The first-order valence-electron chi connectivity index (χ1n) is 7.90. The Labute approximate surface area is 148 Å². The number of nitriles is 1. The fraction of sp³-hybridized carbons (Fsp3) is 0.158. The molecule has 0 aliphatic carbocycles. The van der Waals surface area contributed by atoms with Crippen molar-refractivity contribution in [3.63, 3.8) is 0 Å². The predicted octanol–water partition coefficient (Wildman–Crippen LogP) is 3.02. The van der Waals surface area contributed by atoms with E-state index >= 15 is 0 Å². The van der Waals surface area contributed by atoms with Crippen LogP contribution >= 0.6 is 0 Å². The molecular weight excluding hydrogens is 338 g/mol. The van der Waals surface area contributed by atoms with Gasteiger partial charge < -0.3 is 15.4 Å². The second-order valence-corrected chi connectivity index (χ2v) is 5.73. The minimum atomic E-state index is -0.498. The van der Waals surface area contributed by atoms with Crippen LogP contribution in [0, 0.1) is 17.1 Å². The third-order valence-electron chi connectivity index (χ3n) is 4.02. The van der Waals surface area contributed by atoms with Crippen LogP contribution in [0.25, 0.3) is 22.2 Å². The van der Waals surface area contributed by atoms with Gasteiger partial charge >= 0.3 is 0 Å². The van der Waals surface area contributed by atoms with Gasteiger partial charge in [-0.05, 0) is 35.9 Å². The number of fused-ring (bicyclic) bond motifs is 1. The molecule has 1 aromatic heterocycles. The molecule has 26 heavy (non-hydrogen) atoms. The van der Waals surface area contributed by atoms with Crippen molar-refractivity contribution < 1.29 is 13.9 Å². The molecule has 0 atom stereocenters. The van der Waals surface area contributed by atoms with E-state index < -0.39 is 11.6 Å². The number of aliphatic hydroxyl groups is 1. The molecule has 2 aromatic carbocycles. The van der Waals surface area contributed by atoms with E-state index in [9.17, 15) is 19.1 Å². The van der Waals surface area contributed by atoms with Crippen LogP contribution in [-0.4, -0.2) is 21.2 Å². The summed E-state index contributed by atoms with van der Waals surface area (Å²) in [6, 6.07) is 9.39. The maximum atomic E-state index is 14.4. The molecule has 3 rings (SSSR count). The van der Waals surface area contributed by atoms with E-state index in [-0.39, 0.29) is 25.3 Å². The van der Waals surface area contributed by atoms with Gasteiger partial charge in [0.2, 0.25) is 0 Å². The summed E-state index contributed by atoms with van der Waals surface area (Å²) in [4.78, 5) is 4.28. The number of hydrogen-bond acceptors (Lipinski definition) is 4. The summed E-state index contributed by atoms with van der Waals surface area (Å²) in [6.45, 7) is -0.245. The number of allylic oxidation sites excluding steroid dienone is 1. The van der Waals surface area contributed by atoms with Crippen molar-refractivity contribution in [3.8, 4) is 17.2 Å². The van der Waals surface area contributed by atoms with Gasteiger partial charge in [-0.3, -0.25) is 0 Å². The van der Waals surface area contributed by atoms with E-state index in [1.54, 1.807) is 6.07 Å². The third kappa shape index (κ3) is 3.33. The van der Waals surface area contributed by atoms with Crippen molar-refractivity contribution in [1.82, 2.24) is 9.55 Å². The summed E-state index contributed by atoms with van der Waals surface area (Å²) in [5.74, 6) is -0.925.